The van der Waals surface area contributed by atoms with Gasteiger partial charge in [-0.25, -0.2) is 0 Å². The van der Waals surface area contributed by atoms with Gasteiger partial charge in [0.2, 0.25) is 5.91 Å². The lowest BCUT2D eigenvalue weighted by Crippen LogP contribution is -2.40. The van der Waals surface area contributed by atoms with Crippen LogP contribution in [0.2, 0.25) is 0 Å². The van der Waals surface area contributed by atoms with E-state index in [2.05, 4.69) is 5.32 Å². The van der Waals surface area contributed by atoms with Gasteiger partial charge in [0.25, 0.3) is 0 Å². The number of hydrogen-bond donors (Lipinski definition) is 1. The minimum absolute atomic E-state index is 0.213. The lowest BCUT2D eigenvalue weighted by molar-refractivity contribution is -0.129. The maximum absolute atomic E-state index is 11.6. The molecule has 0 aromatic carbocycles. The minimum Gasteiger partial charge on any atom is -0.383 e. The summed E-state index contributed by atoms with van der Waals surface area (Å²) in [5, 5.41) is 3.14. The molecule has 1 atom stereocenters. The Bertz CT molecular complexity index is 179. The Kier molecular flexibility index (Phi) is 4.90. The molecule has 1 rings (SSSR count). The Morgan fingerprint density at radius 1 is 1.50 bits per heavy atom. The van der Waals surface area contributed by atoms with E-state index in [9.17, 15) is 4.79 Å². The van der Waals surface area contributed by atoms with Crippen LogP contribution in [0.1, 0.15) is 19.8 Å². The van der Waals surface area contributed by atoms with Crippen molar-refractivity contribution in [3.05, 3.63) is 0 Å². The zero-order valence-corrected chi connectivity index (χ0v) is 9.08. The zero-order chi connectivity index (χ0) is 10.4. The lowest BCUT2D eigenvalue weighted by Gasteiger charge is -2.17. The Morgan fingerprint density at radius 3 is 2.71 bits per heavy atom. The molecule has 0 spiro atoms. The van der Waals surface area contributed by atoms with Crippen LogP contribution < -0.4 is 5.32 Å². The Hall–Kier alpha value is -0.610. The van der Waals surface area contributed by atoms with Gasteiger partial charge in [-0.15, -0.1) is 0 Å². The monoisotopic (exact) mass is 200 g/mol. The summed E-state index contributed by atoms with van der Waals surface area (Å²) in [6, 6.07) is 0.242. The molecule has 1 N–H and O–H groups in total. The van der Waals surface area contributed by atoms with Crippen LogP contribution in [0.4, 0.5) is 0 Å². The second-order valence-electron chi connectivity index (χ2n) is 3.83. The number of methoxy groups -OCH3 is 1. The summed E-state index contributed by atoms with van der Waals surface area (Å²) in [5.41, 5.74) is 0. The molecule has 1 aliphatic heterocycles. The van der Waals surface area contributed by atoms with Crippen LogP contribution in [0.3, 0.4) is 0 Å². The molecule has 0 aromatic heterocycles. The maximum atomic E-state index is 11.6. The van der Waals surface area contributed by atoms with Gasteiger partial charge in [-0.3, -0.25) is 4.79 Å². The van der Waals surface area contributed by atoms with Crippen LogP contribution in [-0.2, 0) is 9.53 Å². The van der Waals surface area contributed by atoms with Crippen molar-refractivity contribution in [2.75, 3.05) is 33.4 Å². The van der Waals surface area contributed by atoms with Crippen LogP contribution in [0.5, 0.6) is 0 Å². The number of rotatable bonds is 5. The van der Waals surface area contributed by atoms with Crippen LogP contribution in [0.25, 0.3) is 0 Å². The molecular weight excluding hydrogens is 180 g/mol. The fourth-order valence-electron chi connectivity index (χ4n) is 1.65. The summed E-state index contributed by atoms with van der Waals surface area (Å²) < 4.78 is 4.97. The Labute approximate surface area is 85.6 Å². The highest BCUT2D eigenvalue weighted by molar-refractivity contribution is 5.78. The SMILES string of the molecule is COCC(C)NCC(=O)N1CCCC1. The molecule has 14 heavy (non-hydrogen) atoms. The number of nitrogens with one attached hydrogen (secondary N) is 1. The number of nitrogens with zero attached hydrogens (tertiary/aromatic N) is 1. The minimum atomic E-state index is 0.213. The number of hydrogen-bond acceptors (Lipinski definition) is 3. The molecule has 1 saturated heterocycles. The largest absolute Gasteiger partial charge is 0.383 e. The van der Waals surface area contributed by atoms with Crippen molar-refractivity contribution < 1.29 is 9.53 Å². The summed E-state index contributed by atoms with van der Waals surface area (Å²) >= 11 is 0. The fourth-order valence-corrected chi connectivity index (χ4v) is 1.65. The van der Waals surface area contributed by atoms with E-state index in [1.54, 1.807) is 7.11 Å². The first kappa shape index (κ1) is 11.5. The fraction of sp³-hybridized carbons (Fsp3) is 0.900. The summed E-state index contributed by atoms with van der Waals surface area (Å²) in [5.74, 6) is 0.213. The number of carbonyl (C=O) groups excluding carboxylic acids is 1. The van der Waals surface area contributed by atoms with Gasteiger partial charge in [-0.2, -0.15) is 0 Å². The molecule has 0 aromatic rings. The van der Waals surface area contributed by atoms with Crippen molar-refractivity contribution >= 4 is 5.91 Å². The second-order valence-corrected chi connectivity index (χ2v) is 3.83. The smallest absolute Gasteiger partial charge is 0.236 e. The second kappa shape index (κ2) is 5.98. The predicted molar refractivity (Wildman–Crippen MR) is 55.2 cm³/mol. The van der Waals surface area contributed by atoms with E-state index in [-0.39, 0.29) is 11.9 Å². The third-order valence-electron chi connectivity index (χ3n) is 2.48. The average molecular weight is 200 g/mol. The molecule has 0 saturated carbocycles. The molecule has 1 fully saturated rings. The highest BCUT2D eigenvalue weighted by Gasteiger charge is 2.17. The molecule has 82 valence electrons. The summed E-state index contributed by atoms with van der Waals surface area (Å²) in [7, 11) is 1.67. The van der Waals surface area contributed by atoms with Gasteiger partial charge < -0.3 is 15.0 Å². The summed E-state index contributed by atoms with van der Waals surface area (Å²) in [6.45, 7) is 4.96. The molecule has 0 bridgehead atoms. The normalized spacial score (nSPS) is 18.6. The molecule has 1 unspecified atom stereocenters. The third-order valence-corrected chi connectivity index (χ3v) is 2.48. The molecule has 4 nitrogen and oxygen atoms in total. The number of likely N-dealkylation sites (tertiary alicyclic amines) is 1. The summed E-state index contributed by atoms with van der Waals surface area (Å²) in [6.07, 6.45) is 2.30. The van der Waals surface area contributed by atoms with Crippen molar-refractivity contribution in [1.29, 1.82) is 0 Å². The van der Waals surface area contributed by atoms with Crippen molar-refractivity contribution in [3.63, 3.8) is 0 Å². The van der Waals surface area contributed by atoms with Gasteiger partial charge in [0, 0.05) is 26.2 Å². The quantitative estimate of drug-likeness (QED) is 0.691. The highest BCUT2D eigenvalue weighted by Crippen LogP contribution is 2.06. The molecule has 0 radical (unpaired) electrons. The average Bonchev–Trinajstić information content (AvgIpc) is 2.67. The van der Waals surface area contributed by atoms with Crippen LogP contribution in [0, 0.1) is 0 Å². The first-order valence-corrected chi connectivity index (χ1v) is 5.24. The summed E-state index contributed by atoms with van der Waals surface area (Å²) in [4.78, 5) is 13.5. The van der Waals surface area contributed by atoms with E-state index < -0.39 is 0 Å². The first-order valence-electron chi connectivity index (χ1n) is 5.24. The molecule has 1 heterocycles. The number of ether oxygens (including phenoxy) is 1. The molecule has 4 heteroatoms. The zero-order valence-electron chi connectivity index (χ0n) is 9.08. The molecule has 1 amide bonds. The van der Waals surface area contributed by atoms with Crippen molar-refractivity contribution in [2.45, 2.75) is 25.8 Å². The molecule has 1 aliphatic rings. The van der Waals surface area contributed by atoms with Crippen molar-refractivity contribution in [2.24, 2.45) is 0 Å². The topological polar surface area (TPSA) is 41.6 Å². The Balaban J connectivity index is 2.13. The van der Waals surface area contributed by atoms with Gasteiger partial charge in [-0.05, 0) is 19.8 Å². The van der Waals surface area contributed by atoms with Crippen LogP contribution in [0.15, 0.2) is 0 Å². The van der Waals surface area contributed by atoms with Crippen LogP contribution in [-0.4, -0.2) is 50.2 Å². The van der Waals surface area contributed by atoms with Gasteiger partial charge in [0.1, 0.15) is 0 Å². The third kappa shape index (κ3) is 3.64. The Morgan fingerprint density at radius 2 is 2.14 bits per heavy atom. The predicted octanol–water partition coefficient (Wildman–Crippen LogP) is 0.233. The maximum Gasteiger partial charge on any atom is 0.236 e. The van der Waals surface area contributed by atoms with Gasteiger partial charge in [0.15, 0.2) is 0 Å². The van der Waals surface area contributed by atoms with Gasteiger partial charge >= 0.3 is 0 Å². The number of amides is 1. The lowest BCUT2D eigenvalue weighted by atomic mass is 10.3. The molecular formula is C10H20N2O2. The van der Waals surface area contributed by atoms with Gasteiger partial charge in [0.05, 0.1) is 13.2 Å². The van der Waals surface area contributed by atoms with Crippen molar-refractivity contribution in [1.82, 2.24) is 10.2 Å². The van der Waals surface area contributed by atoms with E-state index in [4.69, 9.17) is 4.74 Å². The van der Waals surface area contributed by atoms with Crippen molar-refractivity contribution in [3.8, 4) is 0 Å². The van der Waals surface area contributed by atoms with E-state index in [0.29, 0.717) is 13.2 Å². The first-order chi connectivity index (χ1) is 6.74. The highest BCUT2D eigenvalue weighted by atomic mass is 16.5. The van der Waals surface area contributed by atoms with Crippen LogP contribution >= 0.6 is 0 Å². The van der Waals surface area contributed by atoms with E-state index in [1.807, 2.05) is 11.8 Å². The molecule has 0 aliphatic carbocycles. The number of carbonyl (C=O) groups is 1. The standard InChI is InChI=1S/C10H20N2O2/c1-9(8-14-2)11-7-10(13)12-5-3-4-6-12/h9,11H,3-8H2,1-2H3. The van der Waals surface area contributed by atoms with E-state index in [1.165, 1.54) is 0 Å². The van der Waals surface area contributed by atoms with E-state index >= 15 is 0 Å². The van der Waals surface area contributed by atoms with E-state index in [0.717, 1.165) is 25.9 Å². The van der Waals surface area contributed by atoms with Gasteiger partial charge in [-0.1, -0.05) is 0 Å².